The van der Waals surface area contributed by atoms with E-state index in [-0.39, 0.29) is 12.3 Å². The normalized spacial score (nSPS) is 18.9. The summed E-state index contributed by atoms with van der Waals surface area (Å²) in [6.07, 6.45) is 6.99. The number of alkyl halides is 1. The number of halogens is 1. The molecule has 1 saturated heterocycles. The molecular formula is C32H41FN2O3. The molecule has 0 spiro atoms. The van der Waals surface area contributed by atoms with Crippen LogP contribution < -0.4 is 4.74 Å². The van der Waals surface area contributed by atoms with Crippen molar-refractivity contribution in [2.75, 3.05) is 26.7 Å². The van der Waals surface area contributed by atoms with E-state index < -0.39 is 12.1 Å². The number of likely N-dealkylation sites (tertiary alicyclic amines) is 1. The smallest absolute Gasteiger partial charge is 0.303 e. The predicted molar refractivity (Wildman–Crippen MR) is 150 cm³/mol. The van der Waals surface area contributed by atoms with Crippen LogP contribution in [-0.2, 0) is 11.2 Å². The van der Waals surface area contributed by atoms with Gasteiger partial charge in [-0.05, 0) is 118 Å². The molecule has 0 radical (unpaired) electrons. The van der Waals surface area contributed by atoms with Gasteiger partial charge in [-0.1, -0.05) is 24.3 Å². The molecular weight excluding hydrogens is 479 g/mol. The molecule has 0 bridgehead atoms. The minimum absolute atomic E-state index is 0.177. The number of benzene rings is 2. The summed E-state index contributed by atoms with van der Waals surface area (Å²) in [6.45, 7) is 5.13. The highest BCUT2D eigenvalue weighted by Crippen LogP contribution is 2.36. The second-order valence-corrected chi connectivity index (χ2v) is 10.8. The number of rotatable bonds is 13. The van der Waals surface area contributed by atoms with E-state index in [0.717, 1.165) is 62.6 Å². The van der Waals surface area contributed by atoms with Gasteiger partial charge in [-0.15, -0.1) is 0 Å². The zero-order valence-electron chi connectivity index (χ0n) is 22.7. The Kier molecular flexibility index (Phi) is 10.1. The topological polar surface area (TPSA) is 62.7 Å². The van der Waals surface area contributed by atoms with Crippen molar-refractivity contribution in [2.45, 2.75) is 64.5 Å². The van der Waals surface area contributed by atoms with E-state index >= 15 is 4.39 Å². The van der Waals surface area contributed by atoms with Gasteiger partial charge in [0.15, 0.2) is 0 Å². The highest BCUT2D eigenvalue weighted by atomic mass is 19.1. The number of carboxylic acids is 1. The average molecular weight is 521 g/mol. The van der Waals surface area contributed by atoms with Gasteiger partial charge in [0, 0.05) is 24.5 Å². The lowest BCUT2D eigenvalue weighted by Gasteiger charge is -2.39. The van der Waals surface area contributed by atoms with Crippen molar-refractivity contribution in [1.82, 2.24) is 9.88 Å². The van der Waals surface area contributed by atoms with Crippen LogP contribution in [-0.4, -0.2) is 47.7 Å². The van der Waals surface area contributed by atoms with Gasteiger partial charge in [0.25, 0.3) is 0 Å². The van der Waals surface area contributed by atoms with Gasteiger partial charge in [0.2, 0.25) is 0 Å². The second-order valence-electron chi connectivity index (χ2n) is 10.8. The molecule has 2 aromatic carbocycles. The lowest BCUT2D eigenvalue weighted by atomic mass is 9.79. The minimum Gasteiger partial charge on any atom is -0.497 e. The Hall–Kier alpha value is -2.99. The molecule has 1 N–H and O–H groups in total. The molecule has 3 aromatic rings. The van der Waals surface area contributed by atoms with Crippen molar-refractivity contribution >= 4 is 16.9 Å². The number of fused-ring (bicyclic) bond motifs is 1. The molecule has 1 aliphatic rings. The Morgan fingerprint density at radius 2 is 2.00 bits per heavy atom. The quantitative estimate of drug-likeness (QED) is 0.242. The summed E-state index contributed by atoms with van der Waals surface area (Å²) in [5.41, 5.74) is 4.20. The van der Waals surface area contributed by atoms with E-state index in [1.165, 1.54) is 11.1 Å². The monoisotopic (exact) mass is 520 g/mol. The summed E-state index contributed by atoms with van der Waals surface area (Å²) in [7, 11) is 1.61. The molecule has 0 unspecified atom stereocenters. The molecule has 5 nitrogen and oxygen atoms in total. The molecule has 3 atom stereocenters. The van der Waals surface area contributed by atoms with Gasteiger partial charge in [-0.3, -0.25) is 9.78 Å². The highest BCUT2D eigenvalue weighted by Gasteiger charge is 2.30. The fourth-order valence-corrected chi connectivity index (χ4v) is 5.98. The molecule has 38 heavy (non-hydrogen) atoms. The number of piperidine rings is 1. The van der Waals surface area contributed by atoms with Crippen molar-refractivity contribution in [3.05, 3.63) is 71.4 Å². The maximum Gasteiger partial charge on any atom is 0.303 e. The molecule has 1 fully saturated rings. The van der Waals surface area contributed by atoms with Gasteiger partial charge in [-0.25, -0.2) is 4.39 Å². The Labute approximate surface area is 226 Å². The van der Waals surface area contributed by atoms with E-state index in [1.54, 1.807) is 19.4 Å². The maximum absolute atomic E-state index is 15.6. The summed E-state index contributed by atoms with van der Waals surface area (Å²) < 4.78 is 20.9. The summed E-state index contributed by atoms with van der Waals surface area (Å²) >= 11 is 0. The van der Waals surface area contributed by atoms with E-state index in [4.69, 9.17) is 4.74 Å². The Morgan fingerprint density at radius 1 is 1.16 bits per heavy atom. The first-order valence-electron chi connectivity index (χ1n) is 14.0. The third-order valence-electron chi connectivity index (χ3n) is 8.25. The van der Waals surface area contributed by atoms with E-state index in [2.05, 4.69) is 41.1 Å². The van der Waals surface area contributed by atoms with Crippen LogP contribution in [0.4, 0.5) is 4.39 Å². The fraction of sp³-hybridized carbons (Fsp3) is 0.500. The number of carbonyl (C=O) groups is 1. The van der Waals surface area contributed by atoms with Gasteiger partial charge >= 0.3 is 5.97 Å². The molecule has 0 amide bonds. The van der Waals surface area contributed by atoms with Gasteiger partial charge in [0.05, 0.1) is 12.6 Å². The van der Waals surface area contributed by atoms with Crippen LogP contribution in [0.15, 0.2) is 54.7 Å². The molecule has 4 rings (SSSR count). The SMILES string of the molecule is COc1ccc2nccc([C@H](F)CC[C@@H]3CCN(CCCCc4ccccc4C)C[C@H]3CCC(=O)O)c2c1. The number of nitrogens with zero attached hydrogens (tertiary/aromatic N) is 2. The number of pyridine rings is 1. The average Bonchev–Trinajstić information content (AvgIpc) is 2.93. The van der Waals surface area contributed by atoms with Crippen LogP contribution in [0.5, 0.6) is 5.75 Å². The first-order valence-corrected chi connectivity index (χ1v) is 14.0. The molecule has 2 heterocycles. The Bertz CT molecular complexity index is 1200. The Morgan fingerprint density at radius 3 is 2.79 bits per heavy atom. The fourth-order valence-electron chi connectivity index (χ4n) is 5.98. The number of hydrogen-bond donors (Lipinski definition) is 1. The number of carboxylic acid groups (broad SMARTS) is 1. The maximum atomic E-state index is 15.6. The van der Waals surface area contributed by atoms with E-state index in [1.807, 2.05) is 18.2 Å². The van der Waals surface area contributed by atoms with E-state index in [0.29, 0.717) is 30.1 Å². The van der Waals surface area contributed by atoms with Crippen molar-refractivity contribution in [1.29, 1.82) is 0 Å². The summed E-state index contributed by atoms with van der Waals surface area (Å²) in [5.74, 6) is 0.579. The number of aliphatic carboxylic acids is 1. The number of ether oxygens (including phenoxy) is 1. The predicted octanol–water partition coefficient (Wildman–Crippen LogP) is 7.17. The zero-order valence-corrected chi connectivity index (χ0v) is 22.7. The van der Waals surface area contributed by atoms with Crippen molar-refractivity contribution in [3.8, 4) is 5.75 Å². The van der Waals surface area contributed by atoms with Crippen LogP contribution in [0.3, 0.4) is 0 Å². The second kappa shape index (κ2) is 13.7. The van der Waals surface area contributed by atoms with Crippen LogP contribution in [0, 0.1) is 18.8 Å². The standard InChI is InChI=1S/C32H41FN2O3/c1-23-7-3-4-8-24(23)9-5-6-19-35-20-17-25(26(22-35)11-15-32(36)37)10-13-30(33)28-16-18-34-31-14-12-27(38-2)21-29(28)31/h3-4,7-8,12,14,16,18,21,25-26,30H,5-6,9-11,13,15,17,19-20,22H2,1-2H3,(H,36,37)/t25-,26-,30-/m1/s1. The van der Waals surface area contributed by atoms with Crippen LogP contribution >= 0.6 is 0 Å². The van der Waals surface area contributed by atoms with Gasteiger partial charge in [0.1, 0.15) is 11.9 Å². The molecule has 0 aliphatic carbocycles. The number of aromatic nitrogens is 1. The molecule has 204 valence electrons. The van der Waals surface area contributed by atoms with Crippen LogP contribution in [0.1, 0.15) is 67.8 Å². The molecule has 6 heteroatoms. The molecule has 0 saturated carbocycles. The number of methoxy groups -OCH3 is 1. The number of unbranched alkanes of at least 4 members (excludes halogenated alkanes) is 1. The van der Waals surface area contributed by atoms with Crippen molar-refractivity contribution in [2.24, 2.45) is 11.8 Å². The highest BCUT2D eigenvalue weighted by molar-refractivity contribution is 5.83. The first kappa shape index (κ1) is 28.0. The third-order valence-corrected chi connectivity index (χ3v) is 8.25. The number of aryl methyl sites for hydroxylation is 2. The Balaban J connectivity index is 1.32. The van der Waals surface area contributed by atoms with Crippen LogP contribution in [0.2, 0.25) is 0 Å². The zero-order chi connectivity index (χ0) is 26.9. The van der Waals surface area contributed by atoms with Crippen LogP contribution in [0.25, 0.3) is 10.9 Å². The third kappa shape index (κ3) is 7.53. The first-order chi connectivity index (χ1) is 18.4. The number of hydrogen-bond acceptors (Lipinski definition) is 4. The van der Waals surface area contributed by atoms with Crippen molar-refractivity contribution < 1.29 is 19.0 Å². The molecule has 1 aliphatic heterocycles. The lowest BCUT2D eigenvalue weighted by Crippen LogP contribution is -2.41. The van der Waals surface area contributed by atoms with E-state index in [9.17, 15) is 9.90 Å². The summed E-state index contributed by atoms with van der Waals surface area (Å²) in [5, 5.41) is 10.1. The van der Waals surface area contributed by atoms with Crippen molar-refractivity contribution in [3.63, 3.8) is 0 Å². The summed E-state index contributed by atoms with van der Waals surface area (Å²) in [4.78, 5) is 18.2. The lowest BCUT2D eigenvalue weighted by molar-refractivity contribution is -0.137. The van der Waals surface area contributed by atoms with Gasteiger partial charge in [-0.2, -0.15) is 0 Å². The molecule has 1 aromatic heterocycles. The summed E-state index contributed by atoms with van der Waals surface area (Å²) in [6, 6.07) is 15.9. The largest absolute Gasteiger partial charge is 0.497 e. The minimum atomic E-state index is -1.09. The van der Waals surface area contributed by atoms with Gasteiger partial charge < -0.3 is 14.7 Å².